The molecule has 2 rings (SSSR count). The van der Waals surface area contributed by atoms with Gasteiger partial charge in [-0.1, -0.05) is 12.1 Å². The maximum absolute atomic E-state index is 12.8. The summed E-state index contributed by atoms with van der Waals surface area (Å²) in [6, 6.07) is 9.67. The van der Waals surface area contributed by atoms with E-state index in [1.165, 1.54) is 30.3 Å². The van der Waals surface area contributed by atoms with E-state index in [0.29, 0.717) is 5.56 Å². The van der Waals surface area contributed by atoms with Crippen LogP contribution in [0.3, 0.4) is 0 Å². The third-order valence-corrected chi connectivity index (χ3v) is 2.84. The van der Waals surface area contributed by atoms with Gasteiger partial charge in [0.25, 0.3) is 0 Å². The van der Waals surface area contributed by atoms with Crippen LogP contribution in [-0.4, -0.2) is 16.9 Å². The molecule has 0 spiro atoms. The van der Waals surface area contributed by atoms with Crippen LogP contribution in [0.2, 0.25) is 0 Å². The molecule has 1 N–H and O–H groups in total. The lowest BCUT2D eigenvalue weighted by Gasteiger charge is -2.08. The van der Waals surface area contributed by atoms with E-state index >= 15 is 0 Å². The average Bonchev–Trinajstić information content (AvgIpc) is 2.38. The van der Waals surface area contributed by atoms with Crippen LogP contribution in [0, 0.1) is 12.7 Å². The Hall–Kier alpha value is -2.49. The zero-order valence-corrected chi connectivity index (χ0v) is 10.2. The fourth-order valence-electron chi connectivity index (χ4n) is 1.89. The van der Waals surface area contributed by atoms with Crippen LogP contribution in [0.1, 0.15) is 31.8 Å². The van der Waals surface area contributed by atoms with Gasteiger partial charge in [0.15, 0.2) is 5.78 Å². The van der Waals surface area contributed by atoms with E-state index in [0.717, 1.165) is 0 Å². The van der Waals surface area contributed by atoms with Crippen molar-refractivity contribution in [3.8, 4) is 0 Å². The van der Waals surface area contributed by atoms with Crippen LogP contribution in [0.5, 0.6) is 0 Å². The minimum absolute atomic E-state index is 0.0469. The normalized spacial score (nSPS) is 10.2. The molecule has 0 saturated carbocycles. The van der Waals surface area contributed by atoms with Crippen LogP contribution >= 0.6 is 0 Å². The van der Waals surface area contributed by atoms with E-state index in [1.807, 2.05) is 0 Å². The van der Waals surface area contributed by atoms with Crippen molar-refractivity contribution < 1.29 is 19.1 Å². The Bertz CT molecular complexity index is 645. The molecule has 0 saturated heterocycles. The standard InChI is InChI=1S/C15H11FO3/c1-9-3-2-4-12(15(18)19)13(9)14(17)10-5-7-11(16)8-6-10/h2-8H,1H3,(H,18,19). The van der Waals surface area contributed by atoms with Gasteiger partial charge in [-0.2, -0.15) is 0 Å². The Balaban J connectivity index is 2.55. The number of ketones is 1. The first-order valence-electron chi connectivity index (χ1n) is 5.64. The molecule has 2 aromatic rings. The molecule has 2 aromatic carbocycles. The summed E-state index contributed by atoms with van der Waals surface area (Å²) in [7, 11) is 0. The molecule has 0 aliphatic heterocycles. The Morgan fingerprint density at radius 3 is 2.26 bits per heavy atom. The molecule has 0 unspecified atom stereocenters. The maximum Gasteiger partial charge on any atom is 0.336 e. The average molecular weight is 258 g/mol. The number of benzene rings is 2. The second kappa shape index (κ2) is 5.02. The number of hydrogen-bond donors (Lipinski definition) is 1. The first-order valence-corrected chi connectivity index (χ1v) is 5.64. The van der Waals surface area contributed by atoms with Crippen LogP contribution in [0.4, 0.5) is 4.39 Å². The van der Waals surface area contributed by atoms with Crippen molar-refractivity contribution in [1.82, 2.24) is 0 Å². The highest BCUT2D eigenvalue weighted by Gasteiger charge is 2.19. The minimum Gasteiger partial charge on any atom is -0.478 e. The molecule has 4 heteroatoms. The number of carbonyl (C=O) groups is 2. The maximum atomic E-state index is 12.8. The van der Waals surface area contributed by atoms with Crippen molar-refractivity contribution in [2.75, 3.05) is 0 Å². The lowest BCUT2D eigenvalue weighted by Crippen LogP contribution is -2.11. The van der Waals surface area contributed by atoms with Gasteiger partial charge in [0.2, 0.25) is 0 Å². The van der Waals surface area contributed by atoms with Crippen molar-refractivity contribution >= 4 is 11.8 Å². The molecule has 0 fully saturated rings. The first-order chi connectivity index (χ1) is 9.00. The predicted octanol–water partition coefficient (Wildman–Crippen LogP) is 3.06. The second-order valence-electron chi connectivity index (χ2n) is 4.14. The Kier molecular flexibility index (Phi) is 3.42. The molecule has 0 amide bonds. The summed E-state index contributed by atoms with van der Waals surface area (Å²) in [6.45, 7) is 1.67. The highest BCUT2D eigenvalue weighted by Crippen LogP contribution is 2.19. The fraction of sp³-hybridized carbons (Fsp3) is 0.0667. The van der Waals surface area contributed by atoms with Crippen LogP contribution in [0.15, 0.2) is 42.5 Å². The lowest BCUT2D eigenvalue weighted by molar-refractivity contribution is 0.0692. The molecule has 96 valence electrons. The molecule has 0 aliphatic rings. The number of carboxylic acids is 1. The number of carbonyl (C=O) groups excluding carboxylic acids is 1. The molecule has 3 nitrogen and oxygen atoms in total. The number of aromatic carboxylic acids is 1. The summed E-state index contributed by atoms with van der Waals surface area (Å²) >= 11 is 0. The summed E-state index contributed by atoms with van der Waals surface area (Å²) in [4.78, 5) is 23.5. The van der Waals surface area contributed by atoms with Crippen molar-refractivity contribution in [3.63, 3.8) is 0 Å². The van der Waals surface area contributed by atoms with Crippen LogP contribution in [0.25, 0.3) is 0 Å². The van der Waals surface area contributed by atoms with Gasteiger partial charge in [0, 0.05) is 11.1 Å². The van der Waals surface area contributed by atoms with Crippen molar-refractivity contribution in [1.29, 1.82) is 0 Å². The zero-order chi connectivity index (χ0) is 14.0. The molecule has 0 bridgehead atoms. The van der Waals surface area contributed by atoms with Gasteiger partial charge in [-0.05, 0) is 42.8 Å². The van der Waals surface area contributed by atoms with E-state index in [4.69, 9.17) is 5.11 Å². The molecule has 0 aromatic heterocycles. The lowest BCUT2D eigenvalue weighted by atomic mass is 9.94. The van der Waals surface area contributed by atoms with E-state index < -0.39 is 17.6 Å². The van der Waals surface area contributed by atoms with Gasteiger partial charge in [-0.25, -0.2) is 9.18 Å². The second-order valence-corrected chi connectivity index (χ2v) is 4.14. The third-order valence-electron chi connectivity index (χ3n) is 2.84. The van der Waals surface area contributed by atoms with Gasteiger partial charge in [0.1, 0.15) is 5.82 Å². The smallest absolute Gasteiger partial charge is 0.336 e. The summed E-state index contributed by atoms with van der Waals surface area (Å²) < 4.78 is 12.8. The summed E-state index contributed by atoms with van der Waals surface area (Å²) in [6.07, 6.45) is 0. The predicted molar refractivity (Wildman–Crippen MR) is 68.0 cm³/mol. The van der Waals surface area contributed by atoms with Gasteiger partial charge in [-0.15, -0.1) is 0 Å². The SMILES string of the molecule is Cc1cccc(C(=O)O)c1C(=O)c1ccc(F)cc1. The quantitative estimate of drug-likeness (QED) is 0.861. The van der Waals surface area contributed by atoms with E-state index in [2.05, 4.69) is 0 Å². The first kappa shape index (κ1) is 13.0. The van der Waals surface area contributed by atoms with Gasteiger partial charge < -0.3 is 5.11 Å². The number of carboxylic acid groups (broad SMARTS) is 1. The topological polar surface area (TPSA) is 54.4 Å². The monoisotopic (exact) mass is 258 g/mol. The van der Waals surface area contributed by atoms with Crippen LogP contribution < -0.4 is 0 Å². The molecule has 0 radical (unpaired) electrons. The largest absolute Gasteiger partial charge is 0.478 e. The Morgan fingerprint density at radius 1 is 1.05 bits per heavy atom. The molecule has 0 aliphatic carbocycles. The number of hydrogen-bond acceptors (Lipinski definition) is 2. The molecular weight excluding hydrogens is 247 g/mol. The van der Waals surface area contributed by atoms with E-state index in [-0.39, 0.29) is 16.7 Å². The number of rotatable bonds is 3. The summed E-state index contributed by atoms with van der Waals surface area (Å²) in [5.74, 6) is -2.02. The Morgan fingerprint density at radius 2 is 1.68 bits per heavy atom. The van der Waals surface area contributed by atoms with Crippen LogP contribution in [-0.2, 0) is 0 Å². The van der Waals surface area contributed by atoms with E-state index in [9.17, 15) is 14.0 Å². The number of halogens is 1. The highest BCUT2D eigenvalue weighted by molar-refractivity contribution is 6.15. The molecule has 19 heavy (non-hydrogen) atoms. The van der Waals surface area contributed by atoms with Gasteiger partial charge >= 0.3 is 5.97 Å². The summed E-state index contributed by atoms with van der Waals surface area (Å²) in [5, 5.41) is 9.12. The summed E-state index contributed by atoms with van der Waals surface area (Å²) in [5.41, 5.74) is 0.934. The third kappa shape index (κ3) is 2.52. The molecular formula is C15H11FO3. The van der Waals surface area contributed by atoms with E-state index in [1.54, 1.807) is 19.1 Å². The Labute approximate surface area is 109 Å². The minimum atomic E-state index is -1.16. The van der Waals surface area contributed by atoms with Crippen molar-refractivity contribution in [2.24, 2.45) is 0 Å². The molecule has 0 atom stereocenters. The van der Waals surface area contributed by atoms with Gasteiger partial charge in [-0.3, -0.25) is 4.79 Å². The highest BCUT2D eigenvalue weighted by atomic mass is 19.1. The van der Waals surface area contributed by atoms with Crippen molar-refractivity contribution in [3.05, 3.63) is 70.5 Å². The zero-order valence-electron chi connectivity index (χ0n) is 10.2. The van der Waals surface area contributed by atoms with Gasteiger partial charge in [0.05, 0.1) is 5.56 Å². The van der Waals surface area contributed by atoms with Crippen molar-refractivity contribution in [2.45, 2.75) is 6.92 Å². The fourth-order valence-corrected chi connectivity index (χ4v) is 1.89. The number of aryl methyl sites for hydroxylation is 1. The molecule has 0 heterocycles.